The van der Waals surface area contributed by atoms with E-state index in [1.807, 2.05) is 103 Å². The maximum absolute atomic E-state index is 13.3. The number of nitrogens with one attached hydrogen (secondary N) is 2. The molecule has 266 valence electrons. The molecule has 0 unspecified atom stereocenters. The lowest BCUT2D eigenvalue weighted by Gasteiger charge is -2.19. The molecule has 6 aromatic rings. The first-order valence-electron chi connectivity index (χ1n) is 17.1. The van der Waals surface area contributed by atoms with Gasteiger partial charge >= 0.3 is 11.9 Å². The molecule has 0 saturated heterocycles. The van der Waals surface area contributed by atoms with Crippen LogP contribution in [0.25, 0.3) is 11.5 Å². The van der Waals surface area contributed by atoms with E-state index in [4.69, 9.17) is 13.9 Å². The van der Waals surface area contributed by atoms with Gasteiger partial charge in [-0.15, -0.1) is 0 Å². The molecule has 10 heteroatoms. The van der Waals surface area contributed by atoms with Crippen molar-refractivity contribution in [2.24, 2.45) is 0 Å². The van der Waals surface area contributed by atoms with E-state index in [1.165, 1.54) is 0 Å². The molecule has 0 aliphatic rings. The van der Waals surface area contributed by atoms with Gasteiger partial charge in [-0.1, -0.05) is 115 Å². The van der Waals surface area contributed by atoms with Crippen LogP contribution in [0.15, 0.2) is 156 Å². The van der Waals surface area contributed by atoms with E-state index in [-0.39, 0.29) is 55.2 Å². The number of benzene rings is 5. The molecule has 0 saturated carbocycles. The molecule has 5 aromatic carbocycles. The predicted octanol–water partition coefficient (Wildman–Crippen LogP) is 7.55. The maximum Gasteiger partial charge on any atom is 0.308 e. The highest BCUT2D eigenvalue weighted by molar-refractivity contribution is 5.95. The third-order valence-corrected chi connectivity index (χ3v) is 8.36. The molecule has 1 heterocycles. The van der Waals surface area contributed by atoms with Crippen molar-refractivity contribution < 1.29 is 33.1 Å². The van der Waals surface area contributed by atoms with E-state index in [9.17, 15) is 19.2 Å². The number of esters is 2. The number of oxazole rings is 1. The summed E-state index contributed by atoms with van der Waals surface area (Å²) in [4.78, 5) is 57.1. The first kappa shape index (κ1) is 36.0. The second-order valence-electron chi connectivity index (χ2n) is 12.1. The third kappa shape index (κ3) is 10.1. The number of hydrogen-bond donors (Lipinski definition) is 2. The van der Waals surface area contributed by atoms with Crippen molar-refractivity contribution in [1.82, 2.24) is 15.6 Å². The first-order chi connectivity index (χ1) is 25.9. The molecular formula is C43H37N3O7. The second kappa shape index (κ2) is 17.9. The minimum absolute atomic E-state index is 0.147. The Morgan fingerprint density at radius 1 is 0.528 bits per heavy atom. The fourth-order valence-corrected chi connectivity index (χ4v) is 5.60. The fraction of sp³-hybridized carbons (Fsp3) is 0.140. The summed E-state index contributed by atoms with van der Waals surface area (Å²) in [5.74, 6) is -1.36. The van der Waals surface area contributed by atoms with Gasteiger partial charge in [-0.3, -0.25) is 19.2 Å². The molecule has 0 bridgehead atoms. The summed E-state index contributed by atoms with van der Waals surface area (Å²) in [7, 11) is 0. The number of ether oxygens (including phenoxy) is 2. The van der Waals surface area contributed by atoms with E-state index in [2.05, 4.69) is 15.6 Å². The van der Waals surface area contributed by atoms with Gasteiger partial charge in [-0.25, -0.2) is 4.98 Å². The Kier molecular flexibility index (Phi) is 12.2. The van der Waals surface area contributed by atoms with Crippen LogP contribution < -0.4 is 10.6 Å². The minimum atomic E-state index is -0.661. The van der Waals surface area contributed by atoms with E-state index in [0.717, 1.165) is 11.1 Å². The highest BCUT2D eigenvalue weighted by atomic mass is 16.5. The number of rotatable bonds is 15. The number of amides is 2. The Hall–Kier alpha value is -6.81. The lowest BCUT2D eigenvalue weighted by molar-refractivity contribution is -0.147. The van der Waals surface area contributed by atoms with E-state index < -0.39 is 24.0 Å². The Morgan fingerprint density at radius 3 is 1.38 bits per heavy atom. The molecule has 2 amide bonds. The van der Waals surface area contributed by atoms with Crippen molar-refractivity contribution in [3.05, 3.63) is 185 Å². The van der Waals surface area contributed by atoms with Crippen LogP contribution in [0.5, 0.6) is 0 Å². The van der Waals surface area contributed by atoms with Gasteiger partial charge < -0.3 is 24.5 Å². The monoisotopic (exact) mass is 707 g/mol. The lowest BCUT2D eigenvalue weighted by Crippen LogP contribution is -2.30. The van der Waals surface area contributed by atoms with Crippen LogP contribution in [0.1, 0.15) is 68.2 Å². The van der Waals surface area contributed by atoms with Crippen LogP contribution >= 0.6 is 0 Å². The molecule has 2 N–H and O–H groups in total. The van der Waals surface area contributed by atoms with Gasteiger partial charge in [-0.2, -0.15) is 0 Å². The van der Waals surface area contributed by atoms with E-state index in [0.29, 0.717) is 16.7 Å². The maximum atomic E-state index is 13.3. The van der Waals surface area contributed by atoms with Crippen LogP contribution in [0.2, 0.25) is 0 Å². The van der Waals surface area contributed by atoms with Crippen LogP contribution in [-0.4, -0.2) is 28.7 Å². The van der Waals surface area contributed by atoms with Crippen molar-refractivity contribution in [3.63, 3.8) is 0 Å². The quantitative estimate of drug-likeness (QED) is 0.104. The van der Waals surface area contributed by atoms with Crippen LogP contribution in [0.4, 0.5) is 0 Å². The Morgan fingerprint density at radius 2 is 0.925 bits per heavy atom. The van der Waals surface area contributed by atoms with Gasteiger partial charge in [0.1, 0.15) is 12.3 Å². The van der Waals surface area contributed by atoms with Crippen LogP contribution in [-0.2, 0) is 32.3 Å². The number of hydrogen-bond acceptors (Lipinski definition) is 8. The van der Waals surface area contributed by atoms with Crippen molar-refractivity contribution in [3.8, 4) is 11.5 Å². The summed E-state index contributed by atoms with van der Waals surface area (Å²) in [6.45, 7) is -0.560. The molecule has 0 fully saturated rings. The normalized spacial score (nSPS) is 11.8. The van der Waals surface area contributed by atoms with Crippen LogP contribution in [0.3, 0.4) is 0 Å². The fourth-order valence-electron chi connectivity index (χ4n) is 5.60. The zero-order chi connectivity index (χ0) is 36.8. The highest BCUT2D eigenvalue weighted by Crippen LogP contribution is 2.25. The molecule has 53 heavy (non-hydrogen) atoms. The smallest absolute Gasteiger partial charge is 0.308 e. The molecule has 0 spiro atoms. The number of carbonyl (C=O) groups is 4. The molecule has 0 aliphatic heterocycles. The Balaban J connectivity index is 1.14. The molecule has 2 atom stereocenters. The molecular weight excluding hydrogens is 670 g/mol. The predicted molar refractivity (Wildman–Crippen MR) is 197 cm³/mol. The molecule has 1 aromatic heterocycles. The van der Waals surface area contributed by atoms with Gasteiger partial charge in [0, 0.05) is 16.7 Å². The number of aromatic nitrogens is 1. The summed E-state index contributed by atoms with van der Waals surface area (Å²) in [6, 6.07) is 43.6. The topological polar surface area (TPSA) is 137 Å². The number of nitrogens with zero attached hydrogens (tertiary/aromatic N) is 1. The van der Waals surface area contributed by atoms with Crippen LogP contribution in [0, 0.1) is 0 Å². The lowest BCUT2D eigenvalue weighted by atomic mass is 10.0. The van der Waals surface area contributed by atoms with Gasteiger partial charge in [0.2, 0.25) is 5.89 Å². The zero-order valence-electron chi connectivity index (χ0n) is 28.7. The van der Waals surface area contributed by atoms with Gasteiger partial charge in [-0.05, 0) is 47.5 Å². The largest absolute Gasteiger partial charge is 0.459 e. The third-order valence-electron chi connectivity index (χ3n) is 8.36. The number of carbonyl (C=O) groups excluding carboxylic acids is 4. The first-order valence-corrected chi connectivity index (χ1v) is 17.1. The highest BCUT2D eigenvalue weighted by Gasteiger charge is 2.24. The molecule has 10 nitrogen and oxygen atoms in total. The SMILES string of the molecule is O=C(C[C@@H](NC(=O)c1ccccc1)c1ccccc1)OCc1nc(-c2ccccc2)oc1COC(=O)C[C@@H](NC(=O)c1ccccc1)c1ccccc1. The van der Waals surface area contributed by atoms with Gasteiger partial charge in [0.25, 0.3) is 11.8 Å². The Bertz CT molecular complexity index is 1970. The summed E-state index contributed by atoms with van der Waals surface area (Å²) in [6.07, 6.45) is -0.298. The zero-order valence-corrected chi connectivity index (χ0v) is 28.7. The van der Waals surface area contributed by atoms with E-state index >= 15 is 0 Å². The second-order valence-corrected chi connectivity index (χ2v) is 12.1. The molecule has 6 rings (SSSR count). The van der Waals surface area contributed by atoms with Crippen molar-refractivity contribution >= 4 is 23.8 Å². The average molecular weight is 708 g/mol. The van der Waals surface area contributed by atoms with Gasteiger partial charge in [0.15, 0.2) is 12.4 Å². The molecule has 0 radical (unpaired) electrons. The van der Waals surface area contributed by atoms with E-state index in [1.54, 1.807) is 48.5 Å². The summed E-state index contributed by atoms with van der Waals surface area (Å²) in [5, 5.41) is 5.88. The summed E-state index contributed by atoms with van der Waals surface area (Å²) in [5.41, 5.74) is 3.35. The van der Waals surface area contributed by atoms with Crippen molar-refractivity contribution in [1.29, 1.82) is 0 Å². The standard InChI is InChI=1S/C43H37N3O7/c47-39(26-35(30-16-6-1-7-17-30)44-41(49)32-20-10-3-11-21-32)51-28-37-38(53-43(46-37)34-24-14-5-15-25-34)29-52-40(48)27-36(31-18-8-2-9-19-31)45-42(50)33-22-12-4-13-23-33/h1-25,35-36H,26-29H2,(H,44,49)(H,45,50)/t35-,36-/m1/s1. The Labute approximate surface area is 306 Å². The summed E-state index contributed by atoms with van der Waals surface area (Å²) >= 11 is 0. The summed E-state index contributed by atoms with van der Waals surface area (Å²) < 4.78 is 17.4. The van der Waals surface area contributed by atoms with Gasteiger partial charge in [0.05, 0.1) is 24.9 Å². The van der Waals surface area contributed by atoms with Crippen molar-refractivity contribution in [2.75, 3.05) is 0 Å². The van der Waals surface area contributed by atoms with Crippen molar-refractivity contribution in [2.45, 2.75) is 38.1 Å². The molecule has 0 aliphatic carbocycles. The minimum Gasteiger partial charge on any atom is -0.459 e. The average Bonchev–Trinajstić information content (AvgIpc) is 3.63.